The van der Waals surface area contributed by atoms with Crippen molar-refractivity contribution in [2.24, 2.45) is 0 Å². The van der Waals surface area contributed by atoms with Crippen LogP contribution >= 0.6 is 11.6 Å². The van der Waals surface area contributed by atoms with Gasteiger partial charge in [0.15, 0.2) is 5.75 Å². The van der Waals surface area contributed by atoms with Gasteiger partial charge in [0, 0.05) is 17.5 Å². The standard InChI is InChI=1S/C26H22ClNO6S/c1-3-22(28-35(31,32)18-11-9-16(2)10-12-18)26(30)34-24-15-23-20(13-21(24)27)19(14-25(29)33-23)17-7-5-4-6-8-17/h4-15,22,28H,3H2,1-2H3/t22-/m1/s1. The smallest absolute Gasteiger partial charge is 0.336 e. The summed E-state index contributed by atoms with van der Waals surface area (Å²) in [6.45, 7) is 3.49. The molecule has 0 aliphatic rings. The lowest BCUT2D eigenvalue weighted by Crippen LogP contribution is -2.42. The molecular weight excluding hydrogens is 490 g/mol. The van der Waals surface area contributed by atoms with Gasteiger partial charge in [-0.15, -0.1) is 0 Å². The Bertz CT molecular complexity index is 1550. The number of hydrogen-bond acceptors (Lipinski definition) is 6. The maximum absolute atomic E-state index is 12.9. The Labute approximate surface area is 207 Å². The van der Waals surface area contributed by atoms with Gasteiger partial charge in [0.2, 0.25) is 10.0 Å². The Morgan fingerprint density at radius 3 is 2.40 bits per heavy atom. The zero-order chi connectivity index (χ0) is 25.2. The zero-order valence-electron chi connectivity index (χ0n) is 18.9. The van der Waals surface area contributed by atoms with E-state index < -0.39 is 27.7 Å². The molecule has 1 atom stereocenters. The van der Waals surface area contributed by atoms with Crippen molar-refractivity contribution in [3.05, 3.63) is 93.8 Å². The van der Waals surface area contributed by atoms with Crippen molar-refractivity contribution in [1.82, 2.24) is 4.72 Å². The number of halogens is 1. The van der Waals surface area contributed by atoms with Crippen LogP contribution in [0.4, 0.5) is 0 Å². The predicted octanol–water partition coefficient (Wildman–Crippen LogP) is 5.08. The third kappa shape index (κ3) is 5.45. The van der Waals surface area contributed by atoms with E-state index in [2.05, 4.69) is 4.72 Å². The average Bonchev–Trinajstić information content (AvgIpc) is 2.83. The van der Waals surface area contributed by atoms with Gasteiger partial charge >= 0.3 is 11.6 Å². The second-order valence-corrected chi connectivity index (χ2v) is 10.1. The summed E-state index contributed by atoms with van der Waals surface area (Å²) in [4.78, 5) is 25.1. The molecule has 0 bridgehead atoms. The molecule has 0 saturated carbocycles. The molecule has 9 heteroatoms. The molecular formula is C26H22ClNO6S. The summed E-state index contributed by atoms with van der Waals surface area (Å²) in [6, 6.07) is 18.6. The van der Waals surface area contributed by atoms with Gasteiger partial charge in [0.05, 0.1) is 9.92 Å². The fourth-order valence-electron chi connectivity index (χ4n) is 3.55. The first-order chi connectivity index (χ1) is 16.7. The molecule has 0 aliphatic carbocycles. The summed E-state index contributed by atoms with van der Waals surface area (Å²) in [7, 11) is -3.96. The van der Waals surface area contributed by atoms with Gasteiger partial charge in [-0.05, 0) is 42.7 Å². The van der Waals surface area contributed by atoms with Crippen LogP contribution < -0.4 is 15.1 Å². The minimum atomic E-state index is -3.96. The highest BCUT2D eigenvalue weighted by Gasteiger charge is 2.27. The van der Waals surface area contributed by atoms with Crippen LogP contribution in [-0.4, -0.2) is 20.4 Å². The summed E-state index contributed by atoms with van der Waals surface area (Å²) < 4.78 is 38.6. The quantitative estimate of drug-likeness (QED) is 0.211. The van der Waals surface area contributed by atoms with Gasteiger partial charge in [0.25, 0.3) is 0 Å². The largest absolute Gasteiger partial charge is 0.424 e. The van der Waals surface area contributed by atoms with Gasteiger partial charge in [-0.3, -0.25) is 0 Å². The number of esters is 1. The summed E-state index contributed by atoms with van der Waals surface area (Å²) >= 11 is 6.40. The Kier molecular flexibility index (Phi) is 7.07. The van der Waals surface area contributed by atoms with Crippen LogP contribution in [0.25, 0.3) is 22.1 Å². The minimum Gasteiger partial charge on any atom is -0.424 e. The van der Waals surface area contributed by atoms with Crippen molar-refractivity contribution < 1.29 is 22.4 Å². The topological polar surface area (TPSA) is 103 Å². The van der Waals surface area contributed by atoms with Gasteiger partial charge in [-0.25, -0.2) is 18.0 Å². The van der Waals surface area contributed by atoms with Crippen molar-refractivity contribution in [2.75, 3.05) is 0 Å². The molecule has 180 valence electrons. The number of ether oxygens (including phenoxy) is 1. The van der Waals surface area contributed by atoms with E-state index in [9.17, 15) is 18.0 Å². The van der Waals surface area contributed by atoms with E-state index in [1.165, 1.54) is 24.3 Å². The molecule has 0 amide bonds. The summed E-state index contributed by atoms with van der Waals surface area (Å²) in [5.74, 6) is -0.892. The third-order valence-electron chi connectivity index (χ3n) is 5.41. The lowest BCUT2D eigenvalue weighted by atomic mass is 10.0. The average molecular weight is 512 g/mol. The van der Waals surface area contributed by atoms with E-state index in [-0.39, 0.29) is 27.7 Å². The van der Waals surface area contributed by atoms with E-state index in [0.717, 1.165) is 11.1 Å². The molecule has 0 unspecified atom stereocenters. The van der Waals surface area contributed by atoms with E-state index in [0.29, 0.717) is 10.9 Å². The second-order valence-electron chi connectivity index (χ2n) is 7.94. The van der Waals surface area contributed by atoms with E-state index in [1.54, 1.807) is 25.1 Å². The molecule has 0 saturated heterocycles. The monoisotopic (exact) mass is 511 g/mol. The number of rotatable bonds is 7. The molecule has 1 N–H and O–H groups in total. The Hall–Kier alpha value is -3.46. The van der Waals surface area contributed by atoms with Gasteiger partial charge < -0.3 is 9.15 Å². The van der Waals surface area contributed by atoms with Crippen LogP contribution in [0.3, 0.4) is 0 Å². The Morgan fingerprint density at radius 1 is 1.06 bits per heavy atom. The van der Waals surface area contributed by atoms with Gasteiger partial charge in [0.1, 0.15) is 11.6 Å². The zero-order valence-corrected chi connectivity index (χ0v) is 20.5. The second kappa shape index (κ2) is 10.0. The molecule has 7 nitrogen and oxygen atoms in total. The van der Waals surface area contributed by atoms with Crippen LogP contribution in [-0.2, 0) is 14.8 Å². The van der Waals surface area contributed by atoms with Crippen LogP contribution in [0.5, 0.6) is 5.75 Å². The molecule has 1 aromatic heterocycles. The number of benzene rings is 3. The van der Waals surface area contributed by atoms with E-state index in [4.69, 9.17) is 20.8 Å². The van der Waals surface area contributed by atoms with E-state index in [1.807, 2.05) is 37.3 Å². The molecule has 3 aromatic carbocycles. The minimum absolute atomic E-state index is 0.0355. The van der Waals surface area contributed by atoms with Crippen LogP contribution in [0.1, 0.15) is 18.9 Å². The summed E-state index contributed by atoms with van der Waals surface area (Å²) in [5, 5.41) is 0.667. The first kappa shape index (κ1) is 24.7. The fourth-order valence-corrected chi connectivity index (χ4v) is 5.02. The van der Waals surface area contributed by atoms with Crippen molar-refractivity contribution in [3.8, 4) is 16.9 Å². The Balaban J connectivity index is 1.63. The number of aryl methyl sites for hydroxylation is 1. The molecule has 0 aliphatic heterocycles. The molecule has 4 aromatic rings. The molecule has 0 fully saturated rings. The van der Waals surface area contributed by atoms with Crippen molar-refractivity contribution >= 4 is 38.6 Å². The van der Waals surface area contributed by atoms with Crippen molar-refractivity contribution in [2.45, 2.75) is 31.2 Å². The van der Waals surface area contributed by atoms with Crippen LogP contribution in [0.2, 0.25) is 5.02 Å². The molecule has 4 rings (SSSR count). The molecule has 0 radical (unpaired) electrons. The maximum atomic E-state index is 12.9. The van der Waals surface area contributed by atoms with Crippen LogP contribution in [0.15, 0.2) is 86.9 Å². The summed E-state index contributed by atoms with van der Waals surface area (Å²) in [6.07, 6.45) is 0.141. The van der Waals surface area contributed by atoms with Gasteiger partial charge in [-0.1, -0.05) is 66.6 Å². The molecule has 35 heavy (non-hydrogen) atoms. The number of carbonyl (C=O) groups is 1. The number of fused-ring (bicyclic) bond motifs is 1. The molecule has 1 heterocycles. The van der Waals surface area contributed by atoms with E-state index >= 15 is 0 Å². The normalized spacial score (nSPS) is 12.4. The Morgan fingerprint density at radius 2 is 1.74 bits per heavy atom. The van der Waals surface area contributed by atoms with Crippen molar-refractivity contribution in [1.29, 1.82) is 0 Å². The summed E-state index contributed by atoms with van der Waals surface area (Å²) in [5.41, 5.74) is 1.92. The number of hydrogen-bond donors (Lipinski definition) is 1. The van der Waals surface area contributed by atoms with Gasteiger partial charge in [-0.2, -0.15) is 4.72 Å². The third-order valence-corrected chi connectivity index (χ3v) is 7.20. The first-order valence-electron chi connectivity index (χ1n) is 10.8. The highest BCUT2D eigenvalue weighted by molar-refractivity contribution is 7.89. The van der Waals surface area contributed by atoms with Crippen LogP contribution in [0, 0.1) is 6.92 Å². The number of nitrogens with one attached hydrogen (secondary N) is 1. The first-order valence-corrected chi connectivity index (χ1v) is 12.7. The lowest BCUT2D eigenvalue weighted by Gasteiger charge is -2.17. The number of carbonyl (C=O) groups excluding carboxylic acids is 1. The molecule has 0 spiro atoms. The highest BCUT2D eigenvalue weighted by atomic mass is 35.5. The SMILES string of the molecule is CC[C@@H](NS(=O)(=O)c1ccc(C)cc1)C(=O)Oc1cc2oc(=O)cc(-c3ccccc3)c2cc1Cl. The maximum Gasteiger partial charge on any atom is 0.336 e. The fraction of sp³-hybridized carbons (Fsp3) is 0.154. The van der Waals surface area contributed by atoms with Crippen molar-refractivity contribution in [3.63, 3.8) is 0 Å². The predicted molar refractivity (Wildman–Crippen MR) is 134 cm³/mol. The lowest BCUT2D eigenvalue weighted by molar-refractivity contribution is -0.136. The highest BCUT2D eigenvalue weighted by Crippen LogP contribution is 2.35. The number of sulfonamides is 1.